The number of hydrogen-bond donors (Lipinski definition) is 0. The number of benzene rings is 2. The summed E-state index contributed by atoms with van der Waals surface area (Å²) in [5.41, 5.74) is 2.61. The summed E-state index contributed by atoms with van der Waals surface area (Å²) in [7, 11) is 0. The normalized spacial score (nSPS) is 10.4. The number of aryl methyl sites for hydroxylation is 1. The van der Waals surface area contributed by atoms with Crippen LogP contribution in [0.1, 0.15) is 21.5 Å². The molecule has 0 aliphatic heterocycles. The first-order chi connectivity index (χ1) is 8.58. The fraction of sp³-hybridized carbons (Fsp3) is 0.133. The molecule has 3 heteroatoms. The van der Waals surface area contributed by atoms with Crippen LogP contribution in [0.4, 0.5) is 0 Å². The summed E-state index contributed by atoms with van der Waals surface area (Å²) in [4.78, 5) is 12.2. The number of Topliss-reactive ketones (excluding diaryl/α,β-unsaturated/α-hetero) is 1. The molecule has 0 aliphatic carbocycles. The van der Waals surface area contributed by atoms with Gasteiger partial charge in [0.25, 0.3) is 0 Å². The first kappa shape index (κ1) is 13.1. The summed E-state index contributed by atoms with van der Waals surface area (Å²) < 4.78 is 0. The van der Waals surface area contributed by atoms with Crippen molar-refractivity contribution in [1.29, 1.82) is 0 Å². The van der Waals surface area contributed by atoms with Crippen molar-refractivity contribution in [2.24, 2.45) is 0 Å². The van der Waals surface area contributed by atoms with E-state index >= 15 is 0 Å². The summed E-state index contributed by atoms with van der Waals surface area (Å²) in [6.07, 6.45) is 0.335. The molecule has 0 aliphatic rings. The summed E-state index contributed by atoms with van der Waals surface area (Å²) in [5, 5.41) is 0.982. The van der Waals surface area contributed by atoms with Crippen LogP contribution in [0.5, 0.6) is 0 Å². The van der Waals surface area contributed by atoms with Crippen LogP contribution in [-0.2, 0) is 6.42 Å². The third-order valence-corrected chi connectivity index (χ3v) is 3.53. The van der Waals surface area contributed by atoms with Crippen LogP contribution in [-0.4, -0.2) is 5.78 Å². The molecule has 2 aromatic carbocycles. The fourth-order valence-corrected chi connectivity index (χ4v) is 2.14. The van der Waals surface area contributed by atoms with Gasteiger partial charge in [-0.1, -0.05) is 53.5 Å². The summed E-state index contributed by atoms with van der Waals surface area (Å²) >= 11 is 11.8. The molecule has 0 atom stereocenters. The predicted octanol–water partition coefficient (Wildman–Crippen LogP) is 4.73. The Bertz CT molecular complexity index is 591. The molecule has 0 spiro atoms. The Morgan fingerprint density at radius 1 is 1.06 bits per heavy atom. The van der Waals surface area contributed by atoms with E-state index in [1.807, 2.05) is 37.3 Å². The number of carbonyl (C=O) groups excluding carboxylic acids is 1. The minimum Gasteiger partial charge on any atom is -0.294 e. The fourth-order valence-electron chi connectivity index (χ4n) is 1.82. The number of halogens is 2. The summed E-state index contributed by atoms with van der Waals surface area (Å²) in [6.45, 7) is 1.93. The zero-order chi connectivity index (χ0) is 13.1. The summed E-state index contributed by atoms with van der Waals surface area (Å²) in [6, 6.07) is 12.8. The third kappa shape index (κ3) is 2.92. The molecule has 0 aromatic heterocycles. The topological polar surface area (TPSA) is 17.1 Å². The molecule has 0 N–H and O–H groups in total. The molecule has 2 aromatic rings. The Morgan fingerprint density at radius 3 is 2.44 bits per heavy atom. The van der Waals surface area contributed by atoms with Gasteiger partial charge in [0, 0.05) is 12.0 Å². The van der Waals surface area contributed by atoms with Crippen LogP contribution in [0.3, 0.4) is 0 Å². The highest BCUT2D eigenvalue weighted by Crippen LogP contribution is 2.23. The van der Waals surface area contributed by atoms with Crippen molar-refractivity contribution >= 4 is 29.0 Å². The lowest BCUT2D eigenvalue weighted by Crippen LogP contribution is -2.05. The maximum Gasteiger partial charge on any atom is 0.167 e. The van der Waals surface area contributed by atoms with Crippen LogP contribution in [0.15, 0.2) is 42.5 Å². The van der Waals surface area contributed by atoms with Gasteiger partial charge in [-0.25, -0.2) is 0 Å². The highest BCUT2D eigenvalue weighted by molar-refractivity contribution is 6.42. The first-order valence-electron chi connectivity index (χ1n) is 5.60. The summed E-state index contributed by atoms with van der Waals surface area (Å²) in [5.74, 6) is 0.0893. The highest BCUT2D eigenvalue weighted by atomic mass is 35.5. The Labute approximate surface area is 116 Å². The molecule has 92 valence electrons. The molecule has 0 fully saturated rings. The Morgan fingerprint density at radius 2 is 1.78 bits per heavy atom. The van der Waals surface area contributed by atoms with E-state index in [1.165, 1.54) is 0 Å². The minimum absolute atomic E-state index is 0.0893. The Hall–Kier alpha value is -1.31. The minimum atomic E-state index is 0.0893. The second-order valence-corrected chi connectivity index (χ2v) is 4.98. The lowest BCUT2D eigenvalue weighted by atomic mass is 9.99. The van der Waals surface area contributed by atoms with Gasteiger partial charge in [-0.05, 0) is 30.2 Å². The zero-order valence-corrected chi connectivity index (χ0v) is 11.4. The molecule has 0 saturated heterocycles. The van der Waals surface area contributed by atoms with E-state index in [1.54, 1.807) is 12.1 Å². The van der Waals surface area contributed by atoms with E-state index in [0.29, 0.717) is 16.5 Å². The average Bonchev–Trinajstić information content (AvgIpc) is 2.34. The lowest BCUT2D eigenvalue weighted by molar-refractivity contribution is 0.0992. The maximum atomic E-state index is 12.2. The van der Waals surface area contributed by atoms with Crippen molar-refractivity contribution < 1.29 is 4.79 Å². The second kappa shape index (κ2) is 5.55. The van der Waals surface area contributed by atoms with Gasteiger partial charge in [-0.15, -0.1) is 0 Å². The van der Waals surface area contributed by atoms with Gasteiger partial charge < -0.3 is 0 Å². The van der Waals surface area contributed by atoms with Gasteiger partial charge in [-0.2, -0.15) is 0 Å². The molecule has 0 bridgehead atoms. The SMILES string of the molecule is Cc1ccccc1C(=O)Cc1ccc(Cl)c(Cl)c1. The van der Waals surface area contributed by atoms with E-state index in [9.17, 15) is 4.79 Å². The van der Waals surface area contributed by atoms with E-state index < -0.39 is 0 Å². The first-order valence-corrected chi connectivity index (χ1v) is 6.36. The van der Waals surface area contributed by atoms with Crippen molar-refractivity contribution in [1.82, 2.24) is 0 Å². The van der Waals surface area contributed by atoms with Gasteiger partial charge in [0.1, 0.15) is 0 Å². The molecule has 0 amide bonds. The quantitative estimate of drug-likeness (QED) is 0.742. The van der Waals surface area contributed by atoms with Crippen LogP contribution < -0.4 is 0 Å². The van der Waals surface area contributed by atoms with Gasteiger partial charge >= 0.3 is 0 Å². The third-order valence-electron chi connectivity index (χ3n) is 2.79. The molecule has 0 radical (unpaired) electrons. The Kier molecular flexibility index (Phi) is 4.05. The average molecular weight is 279 g/mol. The number of hydrogen-bond acceptors (Lipinski definition) is 1. The predicted molar refractivity (Wildman–Crippen MR) is 75.7 cm³/mol. The number of ketones is 1. The van der Waals surface area contributed by atoms with Crippen LogP contribution >= 0.6 is 23.2 Å². The van der Waals surface area contributed by atoms with Gasteiger partial charge in [0.05, 0.1) is 10.0 Å². The number of rotatable bonds is 3. The van der Waals surface area contributed by atoms with Crippen molar-refractivity contribution in [2.45, 2.75) is 13.3 Å². The molecule has 0 unspecified atom stereocenters. The maximum absolute atomic E-state index is 12.2. The monoisotopic (exact) mass is 278 g/mol. The molecular formula is C15H12Cl2O. The Balaban J connectivity index is 2.22. The van der Waals surface area contributed by atoms with E-state index in [-0.39, 0.29) is 5.78 Å². The van der Waals surface area contributed by atoms with Crippen molar-refractivity contribution in [3.8, 4) is 0 Å². The van der Waals surface area contributed by atoms with Crippen molar-refractivity contribution in [3.63, 3.8) is 0 Å². The van der Waals surface area contributed by atoms with Gasteiger partial charge in [0.2, 0.25) is 0 Å². The smallest absolute Gasteiger partial charge is 0.167 e. The van der Waals surface area contributed by atoms with Crippen LogP contribution in [0.25, 0.3) is 0 Å². The van der Waals surface area contributed by atoms with Crippen molar-refractivity contribution in [3.05, 3.63) is 69.2 Å². The van der Waals surface area contributed by atoms with Crippen LogP contribution in [0, 0.1) is 6.92 Å². The zero-order valence-electron chi connectivity index (χ0n) is 9.91. The molecule has 2 rings (SSSR count). The lowest BCUT2D eigenvalue weighted by Gasteiger charge is -2.05. The molecule has 18 heavy (non-hydrogen) atoms. The molecular weight excluding hydrogens is 267 g/mol. The highest BCUT2D eigenvalue weighted by Gasteiger charge is 2.10. The van der Waals surface area contributed by atoms with E-state index in [2.05, 4.69) is 0 Å². The largest absolute Gasteiger partial charge is 0.294 e. The number of carbonyl (C=O) groups is 1. The van der Waals surface area contributed by atoms with E-state index in [4.69, 9.17) is 23.2 Å². The van der Waals surface area contributed by atoms with Crippen molar-refractivity contribution in [2.75, 3.05) is 0 Å². The standard InChI is InChI=1S/C15H12Cl2O/c1-10-4-2-3-5-12(10)15(18)9-11-6-7-13(16)14(17)8-11/h2-8H,9H2,1H3. The van der Waals surface area contributed by atoms with Gasteiger partial charge in [0.15, 0.2) is 5.78 Å². The molecule has 0 heterocycles. The van der Waals surface area contributed by atoms with Crippen LogP contribution in [0.2, 0.25) is 10.0 Å². The van der Waals surface area contributed by atoms with Gasteiger partial charge in [-0.3, -0.25) is 4.79 Å². The molecule has 0 saturated carbocycles. The molecule has 1 nitrogen and oxygen atoms in total. The second-order valence-electron chi connectivity index (χ2n) is 4.16. The van der Waals surface area contributed by atoms with E-state index in [0.717, 1.165) is 16.7 Å².